The lowest BCUT2D eigenvalue weighted by molar-refractivity contribution is -0.121. The number of carboxylic acids is 1. The minimum atomic E-state index is -0.967. The summed E-state index contributed by atoms with van der Waals surface area (Å²) < 4.78 is 5.10. The largest absolute Gasteiger partial charge is 0.497 e. The van der Waals surface area contributed by atoms with Gasteiger partial charge in [-0.15, -0.1) is 0 Å². The Morgan fingerprint density at radius 3 is 2.42 bits per heavy atom. The summed E-state index contributed by atoms with van der Waals surface area (Å²) in [6, 6.07) is 14.5. The van der Waals surface area contributed by atoms with Crippen LogP contribution in [0.4, 0.5) is 0 Å². The first-order valence-electron chi connectivity index (χ1n) is 7.81. The van der Waals surface area contributed by atoms with E-state index < -0.39 is 5.97 Å². The van der Waals surface area contributed by atoms with Gasteiger partial charge in [0.25, 0.3) is 0 Å². The molecule has 2 aromatic carbocycles. The van der Waals surface area contributed by atoms with Gasteiger partial charge in [0, 0.05) is 13.0 Å². The Balaban J connectivity index is 1.76. The molecule has 0 atom stereocenters. The van der Waals surface area contributed by atoms with Gasteiger partial charge in [0.2, 0.25) is 5.91 Å². The van der Waals surface area contributed by atoms with Gasteiger partial charge in [0.1, 0.15) is 5.75 Å². The number of methoxy groups -OCH3 is 1. The molecule has 5 nitrogen and oxygen atoms in total. The number of benzene rings is 2. The van der Waals surface area contributed by atoms with Gasteiger partial charge < -0.3 is 15.2 Å². The molecule has 2 N–H and O–H groups in total. The van der Waals surface area contributed by atoms with Crippen LogP contribution in [0.5, 0.6) is 5.75 Å². The van der Waals surface area contributed by atoms with Gasteiger partial charge in [-0.1, -0.05) is 30.3 Å². The van der Waals surface area contributed by atoms with Crippen molar-refractivity contribution >= 4 is 11.9 Å². The number of carbonyl (C=O) groups excluding carboxylic acids is 1. The van der Waals surface area contributed by atoms with Crippen molar-refractivity contribution in [3.63, 3.8) is 0 Å². The number of carboxylic acid groups (broad SMARTS) is 1. The normalized spacial score (nSPS) is 10.2. The van der Waals surface area contributed by atoms with E-state index in [4.69, 9.17) is 9.84 Å². The van der Waals surface area contributed by atoms with E-state index in [1.807, 2.05) is 24.3 Å². The molecule has 0 radical (unpaired) electrons. The number of carbonyl (C=O) groups is 2. The van der Waals surface area contributed by atoms with Crippen LogP contribution in [-0.2, 0) is 17.6 Å². The van der Waals surface area contributed by atoms with E-state index in [2.05, 4.69) is 5.32 Å². The highest BCUT2D eigenvalue weighted by atomic mass is 16.5. The van der Waals surface area contributed by atoms with E-state index in [-0.39, 0.29) is 17.9 Å². The van der Waals surface area contributed by atoms with Crippen molar-refractivity contribution < 1.29 is 19.4 Å². The SMILES string of the molecule is COc1ccc(CCNC(=O)CCc2ccccc2C(=O)O)cc1. The summed E-state index contributed by atoms with van der Waals surface area (Å²) in [7, 11) is 1.62. The van der Waals surface area contributed by atoms with Crippen LogP contribution in [0.1, 0.15) is 27.9 Å². The third-order valence-corrected chi connectivity index (χ3v) is 3.76. The molecule has 0 aliphatic heterocycles. The summed E-state index contributed by atoms with van der Waals surface area (Å²) in [6.07, 6.45) is 1.42. The zero-order valence-electron chi connectivity index (χ0n) is 13.6. The monoisotopic (exact) mass is 327 g/mol. The predicted molar refractivity (Wildman–Crippen MR) is 91.4 cm³/mol. The van der Waals surface area contributed by atoms with Crippen LogP contribution in [0.3, 0.4) is 0 Å². The second-order valence-corrected chi connectivity index (χ2v) is 5.41. The number of hydrogen-bond donors (Lipinski definition) is 2. The summed E-state index contributed by atoms with van der Waals surface area (Å²) in [5, 5.41) is 12.0. The van der Waals surface area contributed by atoms with Gasteiger partial charge in [0.15, 0.2) is 0 Å². The zero-order valence-corrected chi connectivity index (χ0v) is 13.6. The minimum absolute atomic E-state index is 0.0799. The maximum atomic E-state index is 11.9. The summed E-state index contributed by atoms with van der Waals surface area (Å²) >= 11 is 0. The van der Waals surface area contributed by atoms with Gasteiger partial charge in [0.05, 0.1) is 12.7 Å². The summed E-state index contributed by atoms with van der Waals surface area (Å²) in [5.41, 5.74) is 2.05. The van der Waals surface area contributed by atoms with E-state index in [1.165, 1.54) is 0 Å². The number of rotatable bonds is 8. The van der Waals surface area contributed by atoms with Gasteiger partial charge in [-0.2, -0.15) is 0 Å². The molecular weight excluding hydrogens is 306 g/mol. The third-order valence-electron chi connectivity index (χ3n) is 3.76. The Kier molecular flexibility index (Phi) is 6.37. The molecule has 1 amide bonds. The standard InChI is InChI=1S/C19H21NO4/c1-24-16-9-6-14(7-10-16)12-13-20-18(21)11-8-15-4-2-3-5-17(15)19(22)23/h2-7,9-10H,8,11-13H2,1H3,(H,20,21)(H,22,23). The van der Waals surface area contributed by atoms with Gasteiger partial charge in [-0.05, 0) is 42.2 Å². The first-order valence-corrected chi connectivity index (χ1v) is 7.81. The second kappa shape index (κ2) is 8.72. The molecule has 0 saturated carbocycles. The maximum Gasteiger partial charge on any atom is 0.335 e. The number of hydrogen-bond acceptors (Lipinski definition) is 3. The van der Waals surface area contributed by atoms with Crippen LogP contribution >= 0.6 is 0 Å². The first kappa shape index (κ1) is 17.5. The highest BCUT2D eigenvalue weighted by molar-refractivity contribution is 5.89. The van der Waals surface area contributed by atoms with Crippen molar-refractivity contribution in [1.29, 1.82) is 0 Å². The Hall–Kier alpha value is -2.82. The fourth-order valence-corrected chi connectivity index (χ4v) is 2.42. The molecule has 0 aromatic heterocycles. The molecule has 0 unspecified atom stereocenters. The van der Waals surface area contributed by atoms with Gasteiger partial charge >= 0.3 is 5.97 Å². The van der Waals surface area contributed by atoms with Crippen molar-refractivity contribution in [3.05, 3.63) is 65.2 Å². The van der Waals surface area contributed by atoms with E-state index in [9.17, 15) is 9.59 Å². The molecular formula is C19H21NO4. The topological polar surface area (TPSA) is 75.6 Å². The Morgan fingerprint density at radius 2 is 1.75 bits per heavy atom. The fourth-order valence-electron chi connectivity index (χ4n) is 2.42. The van der Waals surface area contributed by atoms with Crippen molar-refractivity contribution in [2.75, 3.05) is 13.7 Å². The average molecular weight is 327 g/mol. The van der Waals surface area contributed by atoms with E-state index in [0.29, 0.717) is 18.5 Å². The van der Waals surface area contributed by atoms with Crippen LogP contribution in [0.25, 0.3) is 0 Å². The van der Waals surface area contributed by atoms with Crippen LogP contribution in [0.15, 0.2) is 48.5 Å². The molecule has 0 heterocycles. The highest BCUT2D eigenvalue weighted by Crippen LogP contribution is 2.12. The average Bonchev–Trinajstić information content (AvgIpc) is 2.60. The highest BCUT2D eigenvalue weighted by Gasteiger charge is 2.10. The van der Waals surface area contributed by atoms with Crippen LogP contribution in [0, 0.1) is 0 Å². The van der Waals surface area contributed by atoms with Crippen molar-refractivity contribution in [2.45, 2.75) is 19.3 Å². The molecule has 5 heteroatoms. The van der Waals surface area contributed by atoms with E-state index >= 15 is 0 Å². The fraction of sp³-hybridized carbons (Fsp3) is 0.263. The summed E-state index contributed by atoms with van der Waals surface area (Å²) in [4.78, 5) is 23.0. The number of nitrogens with one attached hydrogen (secondary N) is 1. The molecule has 0 aliphatic carbocycles. The van der Waals surface area contributed by atoms with Crippen molar-refractivity contribution in [3.8, 4) is 5.75 Å². The molecule has 0 fully saturated rings. The number of aromatic carboxylic acids is 1. The molecule has 0 aliphatic rings. The van der Waals surface area contributed by atoms with Crippen molar-refractivity contribution in [2.24, 2.45) is 0 Å². The first-order chi connectivity index (χ1) is 11.6. The summed E-state index contributed by atoms with van der Waals surface area (Å²) in [5.74, 6) is -0.242. The zero-order chi connectivity index (χ0) is 17.4. The summed E-state index contributed by atoms with van der Waals surface area (Å²) in [6.45, 7) is 0.547. The Morgan fingerprint density at radius 1 is 1.04 bits per heavy atom. The quantitative estimate of drug-likeness (QED) is 0.781. The molecule has 126 valence electrons. The van der Waals surface area contributed by atoms with E-state index in [1.54, 1.807) is 31.4 Å². The smallest absolute Gasteiger partial charge is 0.335 e. The maximum absolute atomic E-state index is 11.9. The molecule has 2 aromatic rings. The lowest BCUT2D eigenvalue weighted by atomic mass is 10.0. The molecule has 0 saturated heterocycles. The molecule has 0 spiro atoms. The lowest BCUT2D eigenvalue weighted by Gasteiger charge is -2.08. The van der Waals surface area contributed by atoms with Crippen LogP contribution in [0.2, 0.25) is 0 Å². The molecule has 2 rings (SSSR count). The van der Waals surface area contributed by atoms with Crippen LogP contribution < -0.4 is 10.1 Å². The molecule has 24 heavy (non-hydrogen) atoms. The van der Waals surface area contributed by atoms with Crippen molar-refractivity contribution in [1.82, 2.24) is 5.32 Å². The Bertz CT molecular complexity index is 695. The van der Waals surface area contributed by atoms with Gasteiger partial charge in [-0.3, -0.25) is 4.79 Å². The second-order valence-electron chi connectivity index (χ2n) is 5.41. The van der Waals surface area contributed by atoms with E-state index in [0.717, 1.165) is 17.7 Å². The Labute approximate surface area is 141 Å². The number of aryl methyl sites for hydroxylation is 1. The predicted octanol–water partition coefficient (Wildman–Crippen LogP) is 2.68. The van der Waals surface area contributed by atoms with Crippen LogP contribution in [-0.4, -0.2) is 30.6 Å². The third kappa shape index (κ3) is 5.12. The number of amides is 1. The molecule has 0 bridgehead atoms. The van der Waals surface area contributed by atoms with Gasteiger partial charge in [-0.25, -0.2) is 4.79 Å². The lowest BCUT2D eigenvalue weighted by Crippen LogP contribution is -2.26. The number of ether oxygens (including phenoxy) is 1. The minimum Gasteiger partial charge on any atom is -0.497 e.